The van der Waals surface area contributed by atoms with Crippen LogP contribution in [0.15, 0.2) is 4.99 Å². The van der Waals surface area contributed by atoms with Crippen LogP contribution in [0.5, 0.6) is 0 Å². The van der Waals surface area contributed by atoms with Crippen LogP contribution in [-0.2, 0) is 4.79 Å². The third kappa shape index (κ3) is 8.08. The van der Waals surface area contributed by atoms with Crippen LogP contribution >= 0.6 is 0 Å². The number of nitrogens with one attached hydrogen (secondary N) is 2. The van der Waals surface area contributed by atoms with Crippen molar-refractivity contribution in [1.29, 1.82) is 0 Å². The van der Waals surface area contributed by atoms with E-state index in [1.165, 1.54) is 25.9 Å². The highest BCUT2D eigenvalue weighted by Crippen LogP contribution is 2.12. The van der Waals surface area contributed by atoms with E-state index >= 15 is 0 Å². The minimum absolute atomic E-state index is 0.0744. The first-order chi connectivity index (χ1) is 12.0. The third-order valence-electron chi connectivity index (χ3n) is 4.58. The lowest BCUT2D eigenvalue weighted by atomic mass is 10.2. The molecule has 1 amide bonds. The van der Waals surface area contributed by atoms with E-state index in [-0.39, 0.29) is 11.8 Å². The summed E-state index contributed by atoms with van der Waals surface area (Å²) < 4.78 is 0. The molecule has 1 rings (SSSR count). The number of nitrogens with zero attached hydrogens (tertiary/aromatic N) is 3. The number of carbonyl (C=O) groups excluding carboxylic acids is 1. The molecule has 0 aliphatic carbocycles. The van der Waals surface area contributed by atoms with Crippen LogP contribution in [0.3, 0.4) is 0 Å². The normalized spacial score (nSPS) is 18.3. The van der Waals surface area contributed by atoms with E-state index in [1.54, 1.807) is 0 Å². The Balaban J connectivity index is 2.28. The van der Waals surface area contributed by atoms with Gasteiger partial charge in [-0.05, 0) is 45.3 Å². The molecule has 0 spiro atoms. The maximum Gasteiger partial charge on any atom is 0.225 e. The molecule has 0 aromatic heterocycles. The third-order valence-corrected chi connectivity index (χ3v) is 4.58. The fourth-order valence-electron chi connectivity index (χ4n) is 3.31. The van der Waals surface area contributed by atoms with E-state index in [1.807, 2.05) is 25.8 Å². The molecule has 0 aromatic carbocycles. The molecule has 2 N–H and O–H groups in total. The molecule has 0 aromatic rings. The van der Waals surface area contributed by atoms with Crippen molar-refractivity contribution in [3.63, 3.8) is 0 Å². The van der Waals surface area contributed by atoms with Crippen molar-refractivity contribution in [2.45, 2.75) is 59.4 Å². The minimum Gasteiger partial charge on any atom is -0.356 e. The SMILES string of the molecule is CCCN(CCC)CCCNC(=NC)NC1CCN(C(=O)C(C)C)C1. The highest BCUT2D eigenvalue weighted by molar-refractivity contribution is 5.81. The Bertz CT molecular complexity index is 405. The van der Waals surface area contributed by atoms with Gasteiger partial charge in [0.1, 0.15) is 0 Å². The molecule has 0 saturated carbocycles. The van der Waals surface area contributed by atoms with E-state index < -0.39 is 0 Å². The number of amides is 1. The second-order valence-corrected chi connectivity index (χ2v) is 7.26. The molecule has 1 unspecified atom stereocenters. The Kier molecular flexibility index (Phi) is 10.5. The molecule has 1 aliphatic rings. The fourth-order valence-corrected chi connectivity index (χ4v) is 3.31. The Morgan fingerprint density at radius 3 is 2.48 bits per heavy atom. The van der Waals surface area contributed by atoms with Gasteiger partial charge < -0.3 is 20.4 Å². The number of hydrogen-bond donors (Lipinski definition) is 2. The summed E-state index contributed by atoms with van der Waals surface area (Å²) in [6.45, 7) is 14.4. The first-order valence-corrected chi connectivity index (χ1v) is 10.00. The molecular formula is C19H39N5O. The number of aliphatic imine (C=N–C) groups is 1. The Labute approximate surface area is 154 Å². The molecule has 1 atom stereocenters. The topological polar surface area (TPSA) is 60.0 Å². The van der Waals surface area contributed by atoms with Gasteiger partial charge in [-0.15, -0.1) is 0 Å². The smallest absolute Gasteiger partial charge is 0.225 e. The average molecular weight is 354 g/mol. The van der Waals surface area contributed by atoms with Gasteiger partial charge in [-0.1, -0.05) is 27.7 Å². The second-order valence-electron chi connectivity index (χ2n) is 7.26. The molecule has 25 heavy (non-hydrogen) atoms. The van der Waals surface area contributed by atoms with Crippen molar-refractivity contribution < 1.29 is 4.79 Å². The van der Waals surface area contributed by atoms with Crippen LogP contribution in [0.25, 0.3) is 0 Å². The lowest BCUT2D eigenvalue weighted by Crippen LogP contribution is -2.45. The van der Waals surface area contributed by atoms with E-state index in [9.17, 15) is 4.79 Å². The molecule has 146 valence electrons. The van der Waals surface area contributed by atoms with E-state index in [4.69, 9.17) is 0 Å². The van der Waals surface area contributed by atoms with E-state index in [0.29, 0.717) is 6.04 Å². The quantitative estimate of drug-likeness (QED) is 0.358. The predicted molar refractivity (Wildman–Crippen MR) is 106 cm³/mol. The molecular weight excluding hydrogens is 314 g/mol. The highest BCUT2D eigenvalue weighted by Gasteiger charge is 2.27. The summed E-state index contributed by atoms with van der Waals surface area (Å²) in [4.78, 5) is 20.9. The van der Waals surface area contributed by atoms with Crippen molar-refractivity contribution in [1.82, 2.24) is 20.4 Å². The average Bonchev–Trinajstić information content (AvgIpc) is 3.05. The Hall–Kier alpha value is -1.30. The number of rotatable bonds is 10. The van der Waals surface area contributed by atoms with E-state index in [0.717, 1.165) is 45.0 Å². The van der Waals surface area contributed by atoms with Gasteiger partial charge in [0.2, 0.25) is 5.91 Å². The summed E-state index contributed by atoms with van der Waals surface area (Å²) in [5.74, 6) is 1.17. The van der Waals surface area contributed by atoms with Gasteiger partial charge in [0.25, 0.3) is 0 Å². The molecule has 1 saturated heterocycles. The Morgan fingerprint density at radius 1 is 1.24 bits per heavy atom. The fraction of sp³-hybridized carbons (Fsp3) is 0.895. The number of hydrogen-bond acceptors (Lipinski definition) is 3. The molecule has 1 aliphatic heterocycles. The molecule has 6 heteroatoms. The summed E-state index contributed by atoms with van der Waals surface area (Å²) >= 11 is 0. The summed E-state index contributed by atoms with van der Waals surface area (Å²) in [5.41, 5.74) is 0. The van der Waals surface area contributed by atoms with Gasteiger partial charge >= 0.3 is 0 Å². The first kappa shape index (κ1) is 21.7. The monoisotopic (exact) mass is 353 g/mol. The summed E-state index contributed by atoms with van der Waals surface area (Å²) in [6, 6.07) is 0.297. The molecule has 1 fully saturated rings. The summed E-state index contributed by atoms with van der Waals surface area (Å²) in [5, 5.41) is 6.87. The zero-order valence-electron chi connectivity index (χ0n) is 17.0. The van der Waals surface area contributed by atoms with Crippen LogP contribution in [0.4, 0.5) is 0 Å². The van der Waals surface area contributed by atoms with Gasteiger partial charge in [-0.3, -0.25) is 9.79 Å². The lowest BCUT2D eigenvalue weighted by molar-refractivity contribution is -0.133. The number of guanidine groups is 1. The van der Waals surface area contributed by atoms with Gasteiger partial charge in [0, 0.05) is 38.6 Å². The highest BCUT2D eigenvalue weighted by atomic mass is 16.2. The molecule has 0 radical (unpaired) electrons. The zero-order chi connectivity index (χ0) is 18.7. The maximum atomic E-state index is 12.1. The van der Waals surface area contributed by atoms with Crippen molar-refractivity contribution in [3.05, 3.63) is 0 Å². The van der Waals surface area contributed by atoms with Crippen LogP contribution in [0, 0.1) is 5.92 Å². The minimum atomic E-state index is 0.0744. The molecule has 1 heterocycles. The van der Waals surface area contributed by atoms with Crippen LogP contribution < -0.4 is 10.6 Å². The number of likely N-dealkylation sites (tertiary alicyclic amines) is 1. The van der Waals surface area contributed by atoms with Crippen molar-refractivity contribution in [2.24, 2.45) is 10.9 Å². The predicted octanol–water partition coefficient (Wildman–Crippen LogP) is 1.92. The van der Waals surface area contributed by atoms with Crippen LogP contribution in [0.1, 0.15) is 53.4 Å². The first-order valence-electron chi connectivity index (χ1n) is 10.00. The zero-order valence-corrected chi connectivity index (χ0v) is 17.0. The van der Waals surface area contributed by atoms with Gasteiger partial charge in [-0.2, -0.15) is 0 Å². The van der Waals surface area contributed by atoms with Gasteiger partial charge in [0.05, 0.1) is 0 Å². The summed E-state index contributed by atoms with van der Waals surface area (Å²) in [6.07, 6.45) is 4.52. The maximum absolute atomic E-state index is 12.1. The van der Waals surface area contributed by atoms with Crippen LogP contribution in [0.2, 0.25) is 0 Å². The second kappa shape index (κ2) is 12.1. The molecule has 6 nitrogen and oxygen atoms in total. The lowest BCUT2D eigenvalue weighted by Gasteiger charge is -2.22. The largest absolute Gasteiger partial charge is 0.356 e. The Morgan fingerprint density at radius 2 is 1.92 bits per heavy atom. The summed E-state index contributed by atoms with van der Waals surface area (Å²) in [7, 11) is 1.81. The van der Waals surface area contributed by atoms with Gasteiger partial charge in [-0.25, -0.2) is 0 Å². The molecule has 0 bridgehead atoms. The van der Waals surface area contributed by atoms with Crippen molar-refractivity contribution >= 4 is 11.9 Å². The van der Waals surface area contributed by atoms with Crippen LogP contribution in [-0.4, -0.2) is 74.0 Å². The van der Waals surface area contributed by atoms with Gasteiger partial charge in [0.15, 0.2) is 5.96 Å². The van der Waals surface area contributed by atoms with Crippen molar-refractivity contribution in [2.75, 3.05) is 46.3 Å². The van der Waals surface area contributed by atoms with E-state index in [2.05, 4.69) is 34.4 Å². The standard InChI is InChI=1S/C19H39N5O/c1-6-11-23(12-7-2)13-8-10-21-19(20-5)22-17-9-14-24(15-17)18(25)16(3)4/h16-17H,6-15H2,1-5H3,(H2,20,21,22). The van der Waals surface area contributed by atoms with Crippen molar-refractivity contribution in [3.8, 4) is 0 Å². The number of carbonyl (C=O) groups is 1.